The Morgan fingerprint density at radius 2 is 1.81 bits per heavy atom. The standard InChI is InChI=1S/C16H12ClN3O/c17-12-8-9-14(18)20-15(12)16(21)19-13-7-3-5-10-4-1-2-6-11(10)13/h1-9H,(H2,18,20)(H,19,21). The molecule has 3 rings (SSSR count). The Morgan fingerprint density at radius 1 is 1.05 bits per heavy atom. The average Bonchev–Trinajstić information content (AvgIpc) is 2.50. The number of pyridine rings is 1. The first kappa shape index (κ1) is 13.4. The van der Waals surface area contributed by atoms with Crippen molar-refractivity contribution in [2.45, 2.75) is 0 Å². The Labute approximate surface area is 126 Å². The summed E-state index contributed by atoms with van der Waals surface area (Å²) in [6, 6.07) is 16.6. The molecule has 0 aliphatic carbocycles. The minimum atomic E-state index is -0.386. The summed E-state index contributed by atoms with van der Waals surface area (Å²) in [7, 11) is 0. The molecule has 5 heteroatoms. The lowest BCUT2D eigenvalue weighted by Gasteiger charge is -2.09. The van der Waals surface area contributed by atoms with Gasteiger partial charge in [-0.1, -0.05) is 48.0 Å². The maximum atomic E-state index is 12.3. The Bertz CT molecular complexity index is 827. The number of hydrogen-bond acceptors (Lipinski definition) is 3. The lowest BCUT2D eigenvalue weighted by atomic mass is 10.1. The number of anilines is 2. The number of nitrogens with one attached hydrogen (secondary N) is 1. The molecule has 1 amide bonds. The number of amides is 1. The maximum Gasteiger partial charge on any atom is 0.275 e. The molecular formula is C16H12ClN3O. The molecule has 1 aromatic heterocycles. The average molecular weight is 298 g/mol. The number of fused-ring (bicyclic) bond motifs is 1. The van der Waals surface area contributed by atoms with Gasteiger partial charge in [-0.15, -0.1) is 0 Å². The van der Waals surface area contributed by atoms with Crippen LogP contribution in [-0.2, 0) is 0 Å². The largest absolute Gasteiger partial charge is 0.384 e. The van der Waals surface area contributed by atoms with Crippen molar-refractivity contribution in [1.29, 1.82) is 0 Å². The van der Waals surface area contributed by atoms with Crippen LogP contribution in [0.1, 0.15) is 10.5 Å². The van der Waals surface area contributed by atoms with Crippen LogP contribution in [0.4, 0.5) is 11.5 Å². The first-order chi connectivity index (χ1) is 10.1. The molecule has 3 N–H and O–H groups in total. The molecule has 3 aromatic rings. The van der Waals surface area contributed by atoms with Crippen LogP contribution in [0.15, 0.2) is 54.6 Å². The summed E-state index contributed by atoms with van der Waals surface area (Å²) >= 11 is 6.00. The molecule has 0 aliphatic rings. The zero-order chi connectivity index (χ0) is 14.8. The smallest absolute Gasteiger partial charge is 0.275 e. The van der Waals surface area contributed by atoms with Gasteiger partial charge in [0.25, 0.3) is 5.91 Å². The van der Waals surface area contributed by atoms with Gasteiger partial charge in [0.1, 0.15) is 11.5 Å². The van der Waals surface area contributed by atoms with Gasteiger partial charge in [0.15, 0.2) is 0 Å². The maximum absolute atomic E-state index is 12.3. The molecule has 21 heavy (non-hydrogen) atoms. The second-order valence-corrected chi connectivity index (χ2v) is 4.95. The van der Waals surface area contributed by atoms with Crippen LogP contribution in [0, 0.1) is 0 Å². The molecule has 2 aromatic carbocycles. The number of nitrogens with zero attached hydrogens (tertiary/aromatic N) is 1. The predicted octanol–water partition coefficient (Wildman–Crippen LogP) is 3.72. The number of benzene rings is 2. The zero-order valence-electron chi connectivity index (χ0n) is 11.0. The van der Waals surface area contributed by atoms with Gasteiger partial charge in [-0.05, 0) is 23.6 Å². The zero-order valence-corrected chi connectivity index (χ0v) is 11.8. The Hall–Kier alpha value is -2.59. The molecule has 104 valence electrons. The second-order valence-electron chi connectivity index (χ2n) is 4.55. The summed E-state index contributed by atoms with van der Waals surface area (Å²) in [6.45, 7) is 0. The SMILES string of the molecule is Nc1ccc(Cl)c(C(=O)Nc2cccc3ccccc23)n1. The number of rotatable bonds is 2. The molecule has 0 aliphatic heterocycles. The minimum Gasteiger partial charge on any atom is -0.384 e. The Morgan fingerprint density at radius 3 is 2.67 bits per heavy atom. The normalized spacial score (nSPS) is 10.5. The summed E-state index contributed by atoms with van der Waals surface area (Å²) < 4.78 is 0. The van der Waals surface area contributed by atoms with Gasteiger partial charge in [-0.3, -0.25) is 4.79 Å². The number of carbonyl (C=O) groups excluding carboxylic acids is 1. The summed E-state index contributed by atoms with van der Waals surface area (Å²) in [6.07, 6.45) is 0. The third kappa shape index (κ3) is 2.66. The van der Waals surface area contributed by atoms with Gasteiger partial charge in [0.05, 0.1) is 5.02 Å². The Balaban J connectivity index is 1.99. The molecular weight excluding hydrogens is 286 g/mol. The first-order valence-corrected chi connectivity index (χ1v) is 6.74. The number of aromatic nitrogens is 1. The molecule has 0 saturated carbocycles. The second kappa shape index (κ2) is 5.42. The highest BCUT2D eigenvalue weighted by molar-refractivity contribution is 6.34. The van der Waals surface area contributed by atoms with Gasteiger partial charge in [-0.2, -0.15) is 0 Å². The van der Waals surface area contributed by atoms with E-state index in [1.54, 1.807) is 12.1 Å². The first-order valence-electron chi connectivity index (χ1n) is 6.36. The van der Waals surface area contributed by atoms with E-state index in [0.29, 0.717) is 5.69 Å². The van der Waals surface area contributed by atoms with E-state index in [2.05, 4.69) is 10.3 Å². The van der Waals surface area contributed by atoms with Crippen LogP contribution in [0.2, 0.25) is 5.02 Å². The summed E-state index contributed by atoms with van der Waals surface area (Å²) in [5, 5.41) is 5.09. The van der Waals surface area contributed by atoms with Crippen LogP contribution in [0.25, 0.3) is 10.8 Å². The highest BCUT2D eigenvalue weighted by Crippen LogP contribution is 2.24. The Kier molecular flexibility index (Phi) is 3.46. The topological polar surface area (TPSA) is 68.0 Å². The fraction of sp³-hybridized carbons (Fsp3) is 0. The third-order valence-corrected chi connectivity index (χ3v) is 3.43. The van der Waals surface area contributed by atoms with Gasteiger partial charge in [0, 0.05) is 11.1 Å². The molecule has 0 fully saturated rings. The van der Waals surface area contributed by atoms with Crippen molar-refractivity contribution >= 4 is 39.8 Å². The van der Waals surface area contributed by atoms with Crippen LogP contribution >= 0.6 is 11.6 Å². The molecule has 0 radical (unpaired) electrons. The lowest BCUT2D eigenvalue weighted by Crippen LogP contribution is -2.15. The van der Waals surface area contributed by atoms with Crippen LogP contribution < -0.4 is 11.1 Å². The van der Waals surface area contributed by atoms with E-state index in [1.165, 1.54) is 0 Å². The number of halogens is 1. The van der Waals surface area contributed by atoms with E-state index in [4.69, 9.17) is 17.3 Å². The van der Waals surface area contributed by atoms with Crippen molar-refractivity contribution in [1.82, 2.24) is 4.98 Å². The van der Waals surface area contributed by atoms with E-state index in [0.717, 1.165) is 10.8 Å². The number of nitrogens with two attached hydrogens (primary N) is 1. The van der Waals surface area contributed by atoms with Crippen LogP contribution in [0.5, 0.6) is 0 Å². The third-order valence-electron chi connectivity index (χ3n) is 3.12. The molecule has 1 heterocycles. The summed E-state index contributed by atoms with van der Waals surface area (Å²) in [4.78, 5) is 16.3. The van der Waals surface area contributed by atoms with Crippen molar-refractivity contribution in [2.24, 2.45) is 0 Å². The van der Waals surface area contributed by atoms with E-state index >= 15 is 0 Å². The van der Waals surface area contributed by atoms with Gasteiger partial charge < -0.3 is 11.1 Å². The van der Waals surface area contributed by atoms with Crippen molar-refractivity contribution in [2.75, 3.05) is 11.1 Å². The molecule has 4 nitrogen and oxygen atoms in total. The molecule has 0 unspecified atom stereocenters. The highest BCUT2D eigenvalue weighted by atomic mass is 35.5. The van der Waals surface area contributed by atoms with Crippen molar-refractivity contribution in [3.63, 3.8) is 0 Å². The predicted molar refractivity (Wildman–Crippen MR) is 85.6 cm³/mol. The minimum absolute atomic E-state index is 0.115. The summed E-state index contributed by atoms with van der Waals surface area (Å²) in [5.74, 6) is -0.133. The van der Waals surface area contributed by atoms with Gasteiger partial charge in [0.2, 0.25) is 0 Å². The number of nitrogen functional groups attached to an aromatic ring is 1. The molecule has 0 bridgehead atoms. The van der Waals surface area contributed by atoms with Crippen molar-refractivity contribution in [3.8, 4) is 0 Å². The van der Waals surface area contributed by atoms with E-state index in [9.17, 15) is 4.79 Å². The molecule has 0 saturated heterocycles. The number of hydrogen-bond donors (Lipinski definition) is 2. The fourth-order valence-electron chi connectivity index (χ4n) is 2.13. The van der Waals surface area contributed by atoms with E-state index in [1.807, 2.05) is 42.5 Å². The van der Waals surface area contributed by atoms with Crippen LogP contribution in [0.3, 0.4) is 0 Å². The van der Waals surface area contributed by atoms with E-state index < -0.39 is 0 Å². The lowest BCUT2D eigenvalue weighted by molar-refractivity contribution is 0.102. The fourth-order valence-corrected chi connectivity index (χ4v) is 2.32. The molecule has 0 atom stereocenters. The quantitative estimate of drug-likeness (QED) is 0.757. The van der Waals surface area contributed by atoms with Crippen LogP contribution in [-0.4, -0.2) is 10.9 Å². The monoisotopic (exact) mass is 297 g/mol. The van der Waals surface area contributed by atoms with Crippen molar-refractivity contribution in [3.05, 3.63) is 65.3 Å². The van der Waals surface area contributed by atoms with Gasteiger partial charge >= 0.3 is 0 Å². The van der Waals surface area contributed by atoms with E-state index in [-0.39, 0.29) is 22.4 Å². The van der Waals surface area contributed by atoms with Crippen molar-refractivity contribution < 1.29 is 4.79 Å². The highest BCUT2D eigenvalue weighted by Gasteiger charge is 2.14. The number of carbonyl (C=O) groups is 1. The summed E-state index contributed by atoms with van der Waals surface area (Å²) in [5.41, 5.74) is 6.42. The van der Waals surface area contributed by atoms with Gasteiger partial charge in [-0.25, -0.2) is 4.98 Å². The molecule has 0 spiro atoms.